The monoisotopic (exact) mass is 366 g/mol. The van der Waals surface area contributed by atoms with Crippen LogP contribution < -0.4 is 0 Å². The zero-order valence-corrected chi connectivity index (χ0v) is 16.0. The standard InChI is InChI=1S/C19H28NO4S/c1-20(2)15-9-10-16(20)12-17(11-15)24-18(14-7-5-4-6-8-14)19(21)23-13-25(3)22/h4-8,15-18H,9-13H2,1-3H3/q+1/t15-,16+,17?,18?,25?. The molecule has 0 N–H and O–H groups in total. The van der Waals surface area contributed by atoms with Crippen LogP contribution >= 0.6 is 0 Å². The topological polar surface area (TPSA) is 52.6 Å². The second kappa shape index (κ2) is 7.56. The third-order valence-corrected chi connectivity index (χ3v) is 6.25. The minimum atomic E-state index is -1.18. The van der Waals surface area contributed by atoms with Crippen LogP contribution in [0.15, 0.2) is 30.3 Å². The van der Waals surface area contributed by atoms with Gasteiger partial charge >= 0.3 is 5.97 Å². The van der Waals surface area contributed by atoms with E-state index in [0.29, 0.717) is 12.1 Å². The average Bonchev–Trinajstić information content (AvgIpc) is 2.77. The first-order valence-electron chi connectivity index (χ1n) is 8.88. The van der Waals surface area contributed by atoms with Gasteiger partial charge in [0, 0.05) is 31.9 Å². The van der Waals surface area contributed by atoms with Crippen molar-refractivity contribution in [2.24, 2.45) is 0 Å². The second-order valence-electron chi connectivity index (χ2n) is 7.69. The first-order chi connectivity index (χ1) is 11.9. The summed E-state index contributed by atoms with van der Waals surface area (Å²) in [7, 11) is 3.43. The number of carbonyl (C=O) groups excluding carboxylic acids is 1. The van der Waals surface area contributed by atoms with Gasteiger partial charge in [0.2, 0.25) is 0 Å². The highest BCUT2D eigenvalue weighted by molar-refractivity contribution is 7.84. The molecule has 2 fully saturated rings. The van der Waals surface area contributed by atoms with Crippen LogP contribution in [0.5, 0.6) is 0 Å². The normalized spacial score (nSPS) is 29.8. The Morgan fingerprint density at radius 1 is 1.20 bits per heavy atom. The second-order valence-corrected chi connectivity index (χ2v) is 9.07. The number of fused-ring (bicyclic) bond motifs is 2. The van der Waals surface area contributed by atoms with Crippen molar-refractivity contribution in [2.45, 2.75) is 50.0 Å². The van der Waals surface area contributed by atoms with Gasteiger partial charge in [0.15, 0.2) is 12.0 Å². The van der Waals surface area contributed by atoms with Crippen molar-refractivity contribution in [3.8, 4) is 0 Å². The maximum Gasteiger partial charge on any atom is 0.340 e. The van der Waals surface area contributed by atoms with Gasteiger partial charge in [0.05, 0.1) is 43.1 Å². The lowest BCUT2D eigenvalue weighted by molar-refractivity contribution is -0.931. The van der Waals surface area contributed by atoms with Crippen molar-refractivity contribution in [3.63, 3.8) is 0 Å². The van der Waals surface area contributed by atoms with Crippen LogP contribution in [-0.4, -0.2) is 59.1 Å². The van der Waals surface area contributed by atoms with Gasteiger partial charge in [-0.25, -0.2) is 4.79 Å². The van der Waals surface area contributed by atoms with E-state index in [0.717, 1.165) is 22.9 Å². The predicted octanol–water partition coefficient (Wildman–Crippen LogP) is 2.39. The number of hydrogen-bond acceptors (Lipinski definition) is 4. The molecule has 2 aliphatic heterocycles. The Morgan fingerprint density at radius 2 is 1.80 bits per heavy atom. The molecule has 0 spiro atoms. The molecule has 0 aromatic heterocycles. The molecule has 5 atom stereocenters. The van der Waals surface area contributed by atoms with Gasteiger partial charge in [-0.1, -0.05) is 30.3 Å². The largest absolute Gasteiger partial charge is 0.450 e. The smallest absolute Gasteiger partial charge is 0.340 e. The molecule has 5 nitrogen and oxygen atoms in total. The maximum atomic E-state index is 12.5. The van der Waals surface area contributed by atoms with E-state index in [1.807, 2.05) is 30.3 Å². The first kappa shape index (κ1) is 18.5. The lowest BCUT2D eigenvalue weighted by atomic mass is 9.97. The molecule has 3 unspecified atom stereocenters. The van der Waals surface area contributed by atoms with E-state index in [1.54, 1.807) is 0 Å². The van der Waals surface area contributed by atoms with Crippen molar-refractivity contribution >= 4 is 16.8 Å². The Kier molecular flexibility index (Phi) is 5.61. The van der Waals surface area contributed by atoms with Gasteiger partial charge in [-0.3, -0.25) is 4.21 Å². The fraction of sp³-hybridized carbons (Fsp3) is 0.632. The number of rotatable bonds is 6. The van der Waals surface area contributed by atoms with E-state index < -0.39 is 22.9 Å². The number of ether oxygens (including phenoxy) is 2. The number of hydrogen-bond donors (Lipinski definition) is 0. The van der Waals surface area contributed by atoms with E-state index in [9.17, 15) is 9.00 Å². The molecule has 3 rings (SSSR count). The Labute approximate surface area is 152 Å². The zero-order chi connectivity index (χ0) is 18.0. The molecule has 0 radical (unpaired) electrons. The molecule has 138 valence electrons. The Hall–Kier alpha value is -1.24. The number of quaternary nitrogens is 1. The summed E-state index contributed by atoms with van der Waals surface area (Å²) in [6.07, 6.45) is 5.24. The summed E-state index contributed by atoms with van der Waals surface area (Å²) in [6.45, 7) is 0. The quantitative estimate of drug-likeness (QED) is 0.573. The minimum Gasteiger partial charge on any atom is -0.450 e. The van der Waals surface area contributed by atoms with Gasteiger partial charge in [-0.2, -0.15) is 0 Å². The van der Waals surface area contributed by atoms with Gasteiger partial charge in [-0.05, 0) is 5.56 Å². The molecule has 2 saturated heterocycles. The zero-order valence-electron chi connectivity index (χ0n) is 15.2. The third kappa shape index (κ3) is 4.13. The minimum absolute atomic E-state index is 0.0635. The van der Waals surface area contributed by atoms with Crippen LogP contribution in [-0.2, 0) is 25.1 Å². The van der Waals surface area contributed by atoms with Crippen molar-refractivity contribution < 1.29 is 23.0 Å². The molecule has 1 aromatic carbocycles. The highest BCUT2D eigenvalue weighted by Crippen LogP contribution is 2.41. The van der Waals surface area contributed by atoms with Gasteiger partial charge in [0.25, 0.3) is 0 Å². The summed E-state index contributed by atoms with van der Waals surface area (Å²) in [5.74, 6) is -0.543. The molecule has 6 heteroatoms. The summed E-state index contributed by atoms with van der Waals surface area (Å²) < 4.78 is 23.8. The number of benzene rings is 1. The fourth-order valence-electron chi connectivity index (χ4n) is 4.25. The molecule has 25 heavy (non-hydrogen) atoms. The molecule has 0 saturated carbocycles. The van der Waals surface area contributed by atoms with Crippen LogP contribution in [0.25, 0.3) is 0 Å². The summed E-state index contributed by atoms with van der Waals surface area (Å²) >= 11 is 0. The predicted molar refractivity (Wildman–Crippen MR) is 97.2 cm³/mol. The van der Waals surface area contributed by atoms with Gasteiger partial charge < -0.3 is 14.0 Å². The highest BCUT2D eigenvalue weighted by atomic mass is 32.2. The first-order valence-corrected chi connectivity index (χ1v) is 10.6. The van der Waals surface area contributed by atoms with Crippen molar-refractivity contribution in [1.29, 1.82) is 0 Å². The summed E-state index contributed by atoms with van der Waals surface area (Å²) in [5, 5.41) is 0. The average molecular weight is 367 g/mol. The Bertz CT molecular complexity index is 618. The molecule has 2 bridgehead atoms. The summed E-state index contributed by atoms with van der Waals surface area (Å²) in [6, 6.07) is 10.6. The summed E-state index contributed by atoms with van der Waals surface area (Å²) in [4.78, 5) is 12.5. The van der Waals surface area contributed by atoms with Gasteiger partial charge in [0.1, 0.15) is 0 Å². The lowest BCUT2D eigenvalue weighted by Gasteiger charge is -2.44. The molecule has 0 aliphatic carbocycles. The Balaban J connectivity index is 1.72. The van der Waals surface area contributed by atoms with Crippen molar-refractivity contribution in [1.82, 2.24) is 0 Å². The number of piperidine rings is 1. The van der Waals surface area contributed by atoms with E-state index >= 15 is 0 Å². The fourth-order valence-corrected chi connectivity index (χ4v) is 4.53. The molecular formula is C19H28NO4S+. The molecule has 0 amide bonds. The van der Waals surface area contributed by atoms with Crippen LogP contribution in [0.1, 0.15) is 37.4 Å². The molecule has 2 aliphatic rings. The van der Waals surface area contributed by atoms with E-state index in [1.165, 1.54) is 19.1 Å². The van der Waals surface area contributed by atoms with Crippen molar-refractivity contribution in [2.75, 3.05) is 26.3 Å². The molecule has 1 aromatic rings. The summed E-state index contributed by atoms with van der Waals surface area (Å²) in [5.41, 5.74) is 0.793. The van der Waals surface area contributed by atoms with Crippen molar-refractivity contribution in [3.05, 3.63) is 35.9 Å². The van der Waals surface area contributed by atoms with E-state index in [2.05, 4.69) is 14.1 Å². The number of nitrogens with zero attached hydrogens (tertiary/aromatic N) is 1. The highest BCUT2D eigenvalue weighted by Gasteiger charge is 2.50. The Morgan fingerprint density at radius 3 is 2.36 bits per heavy atom. The number of carbonyl (C=O) groups is 1. The van der Waals surface area contributed by atoms with E-state index in [-0.39, 0.29) is 12.0 Å². The van der Waals surface area contributed by atoms with Crippen LogP contribution in [0.2, 0.25) is 0 Å². The molecular weight excluding hydrogens is 338 g/mol. The van der Waals surface area contributed by atoms with Crippen LogP contribution in [0.3, 0.4) is 0 Å². The maximum absolute atomic E-state index is 12.5. The third-order valence-electron chi connectivity index (χ3n) is 5.80. The lowest BCUT2D eigenvalue weighted by Crippen LogP contribution is -2.56. The van der Waals surface area contributed by atoms with Gasteiger partial charge in [-0.15, -0.1) is 0 Å². The van der Waals surface area contributed by atoms with E-state index in [4.69, 9.17) is 9.47 Å². The number of esters is 1. The van der Waals surface area contributed by atoms with Crippen LogP contribution in [0, 0.1) is 0 Å². The van der Waals surface area contributed by atoms with Crippen LogP contribution in [0.4, 0.5) is 0 Å². The molecule has 2 heterocycles. The SMILES string of the molecule is CS(=O)COC(=O)C(OC1C[C@H]2CC[C@@H](C1)[N+]2(C)C)c1ccccc1.